The fourth-order valence-corrected chi connectivity index (χ4v) is 2.61. The number of hydrogen-bond acceptors (Lipinski definition) is 5. The van der Waals surface area contributed by atoms with E-state index in [1.807, 2.05) is 18.5 Å². The Bertz CT molecular complexity index is 564. The number of methoxy groups -OCH3 is 2. The fraction of sp³-hybridized carbons (Fsp3) is 0.286. The minimum atomic E-state index is 0.193. The van der Waals surface area contributed by atoms with Crippen molar-refractivity contribution in [2.45, 2.75) is 6.42 Å². The van der Waals surface area contributed by atoms with Gasteiger partial charge in [-0.1, -0.05) is 0 Å². The largest absolute Gasteiger partial charge is 0.493 e. The first-order chi connectivity index (χ1) is 9.74. The zero-order valence-corrected chi connectivity index (χ0v) is 13.5. The van der Waals surface area contributed by atoms with Crippen LogP contribution in [0.2, 0.25) is 0 Å². The standard InChI is InChI=1S/C14H15IN2O3/c1-18-9-20-14-12(15)4-10(5-13(14)19-2)3-11-6-16-8-17-7-11/h4-8H,3,9H2,1-2H3. The quantitative estimate of drug-likeness (QED) is 0.565. The Labute approximate surface area is 131 Å². The summed E-state index contributed by atoms with van der Waals surface area (Å²) >= 11 is 2.23. The zero-order valence-electron chi connectivity index (χ0n) is 11.3. The third kappa shape index (κ3) is 3.80. The van der Waals surface area contributed by atoms with Gasteiger partial charge in [0.25, 0.3) is 0 Å². The third-order valence-corrected chi connectivity index (χ3v) is 3.43. The van der Waals surface area contributed by atoms with E-state index in [0.717, 1.165) is 21.1 Å². The number of ether oxygens (including phenoxy) is 3. The molecule has 2 rings (SSSR count). The lowest BCUT2D eigenvalue weighted by atomic mass is 10.1. The number of nitrogens with zero attached hydrogens (tertiary/aromatic N) is 2. The lowest BCUT2D eigenvalue weighted by Gasteiger charge is -2.13. The molecule has 0 spiro atoms. The number of aromatic nitrogens is 2. The first kappa shape index (κ1) is 15.0. The molecule has 0 N–H and O–H groups in total. The highest BCUT2D eigenvalue weighted by Crippen LogP contribution is 2.34. The van der Waals surface area contributed by atoms with E-state index in [1.54, 1.807) is 14.2 Å². The van der Waals surface area contributed by atoms with Crippen LogP contribution in [0.5, 0.6) is 11.5 Å². The summed E-state index contributed by atoms with van der Waals surface area (Å²) in [6.07, 6.45) is 5.89. The fourth-order valence-electron chi connectivity index (χ4n) is 1.79. The second kappa shape index (κ2) is 7.39. The van der Waals surface area contributed by atoms with Gasteiger partial charge in [-0.3, -0.25) is 0 Å². The molecule has 106 valence electrons. The van der Waals surface area contributed by atoms with Gasteiger partial charge in [-0.15, -0.1) is 0 Å². The van der Waals surface area contributed by atoms with Crippen molar-refractivity contribution in [2.75, 3.05) is 21.0 Å². The topological polar surface area (TPSA) is 53.5 Å². The molecule has 1 heterocycles. The van der Waals surface area contributed by atoms with Gasteiger partial charge in [-0.2, -0.15) is 0 Å². The van der Waals surface area contributed by atoms with E-state index in [4.69, 9.17) is 14.2 Å². The monoisotopic (exact) mass is 386 g/mol. The Hall–Kier alpha value is -1.41. The summed E-state index contributed by atoms with van der Waals surface area (Å²) in [5, 5.41) is 0. The van der Waals surface area contributed by atoms with Crippen molar-refractivity contribution in [1.29, 1.82) is 0 Å². The minimum Gasteiger partial charge on any atom is -0.493 e. The maximum absolute atomic E-state index is 5.53. The smallest absolute Gasteiger partial charge is 0.188 e. The lowest BCUT2D eigenvalue weighted by Crippen LogP contribution is -2.03. The second-order valence-corrected chi connectivity index (χ2v) is 5.25. The van der Waals surface area contributed by atoms with E-state index in [9.17, 15) is 0 Å². The van der Waals surface area contributed by atoms with E-state index in [1.165, 1.54) is 6.33 Å². The first-order valence-electron chi connectivity index (χ1n) is 5.96. The van der Waals surface area contributed by atoms with Crippen LogP contribution in [0.25, 0.3) is 0 Å². The van der Waals surface area contributed by atoms with E-state index >= 15 is 0 Å². The molecule has 0 radical (unpaired) electrons. The van der Waals surface area contributed by atoms with Crippen LogP contribution >= 0.6 is 22.6 Å². The Morgan fingerprint density at radius 1 is 1.10 bits per heavy atom. The van der Waals surface area contributed by atoms with Gasteiger partial charge in [-0.25, -0.2) is 9.97 Å². The molecule has 0 unspecified atom stereocenters. The van der Waals surface area contributed by atoms with Crippen LogP contribution in [0.15, 0.2) is 30.9 Å². The molecule has 0 amide bonds. The van der Waals surface area contributed by atoms with Gasteiger partial charge >= 0.3 is 0 Å². The molecule has 0 fully saturated rings. The second-order valence-electron chi connectivity index (χ2n) is 4.08. The summed E-state index contributed by atoms with van der Waals surface area (Å²) in [5.74, 6) is 1.39. The minimum absolute atomic E-state index is 0.193. The summed E-state index contributed by atoms with van der Waals surface area (Å²) in [6.45, 7) is 0.193. The van der Waals surface area contributed by atoms with Crippen molar-refractivity contribution in [1.82, 2.24) is 9.97 Å². The van der Waals surface area contributed by atoms with Crippen LogP contribution < -0.4 is 9.47 Å². The molecule has 0 bridgehead atoms. The summed E-state index contributed by atoms with van der Waals surface area (Å²) in [7, 11) is 3.21. The van der Waals surface area contributed by atoms with Gasteiger partial charge < -0.3 is 14.2 Å². The van der Waals surface area contributed by atoms with Crippen molar-refractivity contribution in [3.8, 4) is 11.5 Å². The molecule has 0 aliphatic rings. The summed E-state index contributed by atoms with van der Waals surface area (Å²) in [4.78, 5) is 8.04. The summed E-state index contributed by atoms with van der Waals surface area (Å²) < 4.78 is 16.8. The molecule has 0 aliphatic heterocycles. The predicted molar refractivity (Wildman–Crippen MR) is 83.1 cm³/mol. The maximum Gasteiger partial charge on any atom is 0.188 e. The highest BCUT2D eigenvalue weighted by molar-refractivity contribution is 14.1. The van der Waals surface area contributed by atoms with Gasteiger partial charge in [0.2, 0.25) is 0 Å². The molecule has 1 aromatic heterocycles. The first-order valence-corrected chi connectivity index (χ1v) is 7.04. The maximum atomic E-state index is 5.53. The molecule has 6 heteroatoms. The van der Waals surface area contributed by atoms with Gasteiger partial charge in [0.15, 0.2) is 18.3 Å². The van der Waals surface area contributed by atoms with E-state index < -0.39 is 0 Å². The zero-order chi connectivity index (χ0) is 14.4. The highest BCUT2D eigenvalue weighted by Gasteiger charge is 2.12. The molecular formula is C14H15IN2O3. The van der Waals surface area contributed by atoms with E-state index in [-0.39, 0.29) is 6.79 Å². The van der Waals surface area contributed by atoms with Crippen LogP contribution in [0.3, 0.4) is 0 Å². The van der Waals surface area contributed by atoms with Crippen molar-refractivity contribution < 1.29 is 14.2 Å². The SMILES string of the molecule is COCOc1c(I)cc(Cc2cncnc2)cc1OC. The normalized spacial score (nSPS) is 10.3. The van der Waals surface area contributed by atoms with Crippen LogP contribution in [-0.2, 0) is 11.2 Å². The number of hydrogen-bond donors (Lipinski definition) is 0. The number of rotatable bonds is 6. The predicted octanol–water partition coefficient (Wildman–Crippen LogP) is 2.66. The van der Waals surface area contributed by atoms with Gasteiger partial charge in [0.05, 0.1) is 10.7 Å². The molecule has 5 nitrogen and oxygen atoms in total. The van der Waals surface area contributed by atoms with Crippen molar-refractivity contribution in [3.63, 3.8) is 0 Å². The molecule has 2 aromatic rings. The average Bonchev–Trinajstić information content (AvgIpc) is 2.47. The molecule has 0 atom stereocenters. The molecule has 20 heavy (non-hydrogen) atoms. The number of halogens is 1. The van der Waals surface area contributed by atoms with Crippen LogP contribution in [0.1, 0.15) is 11.1 Å². The Kier molecular flexibility index (Phi) is 5.54. The lowest BCUT2D eigenvalue weighted by molar-refractivity contribution is 0.0485. The molecule has 0 aliphatic carbocycles. The molecule has 1 aromatic carbocycles. The highest BCUT2D eigenvalue weighted by atomic mass is 127. The summed E-state index contributed by atoms with van der Waals surface area (Å²) in [5.41, 5.74) is 2.17. The Morgan fingerprint density at radius 2 is 1.85 bits per heavy atom. The Balaban J connectivity index is 2.25. The van der Waals surface area contributed by atoms with E-state index in [0.29, 0.717) is 11.5 Å². The van der Waals surface area contributed by atoms with Crippen molar-refractivity contribution >= 4 is 22.6 Å². The molecule has 0 saturated carbocycles. The molecule has 0 saturated heterocycles. The van der Waals surface area contributed by atoms with Gasteiger partial charge in [0, 0.05) is 25.9 Å². The number of benzene rings is 1. The average molecular weight is 386 g/mol. The Morgan fingerprint density at radius 3 is 2.50 bits per heavy atom. The van der Waals surface area contributed by atoms with Gasteiger partial charge in [0.1, 0.15) is 6.33 Å². The van der Waals surface area contributed by atoms with Crippen LogP contribution in [0, 0.1) is 3.57 Å². The van der Waals surface area contributed by atoms with Crippen LogP contribution in [-0.4, -0.2) is 31.0 Å². The van der Waals surface area contributed by atoms with Gasteiger partial charge in [-0.05, 0) is 45.9 Å². The van der Waals surface area contributed by atoms with E-state index in [2.05, 4.69) is 38.6 Å². The summed E-state index contributed by atoms with van der Waals surface area (Å²) in [6, 6.07) is 4.02. The van der Waals surface area contributed by atoms with Crippen LogP contribution in [0.4, 0.5) is 0 Å². The van der Waals surface area contributed by atoms with Crippen molar-refractivity contribution in [2.24, 2.45) is 0 Å². The third-order valence-electron chi connectivity index (χ3n) is 2.63. The van der Waals surface area contributed by atoms with Crippen molar-refractivity contribution in [3.05, 3.63) is 45.6 Å². The molecular weight excluding hydrogens is 371 g/mol.